The van der Waals surface area contributed by atoms with E-state index in [1.807, 2.05) is 30.3 Å². The van der Waals surface area contributed by atoms with Crippen LogP contribution in [0.15, 0.2) is 36.7 Å². The summed E-state index contributed by atoms with van der Waals surface area (Å²) in [6.45, 7) is 4.61. The summed E-state index contributed by atoms with van der Waals surface area (Å²) in [6.07, 6.45) is 1.52. The van der Waals surface area contributed by atoms with Crippen LogP contribution in [-0.4, -0.2) is 9.97 Å². The third-order valence-electron chi connectivity index (χ3n) is 2.66. The first-order valence-electron chi connectivity index (χ1n) is 5.98. The van der Waals surface area contributed by atoms with Crippen molar-refractivity contribution in [1.29, 1.82) is 0 Å². The van der Waals surface area contributed by atoms with Crippen LogP contribution in [0.25, 0.3) is 0 Å². The molecule has 1 aromatic carbocycles. The highest BCUT2D eigenvalue weighted by Gasteiger charge is 2.07. The van der Waals surface area contributed by atoms with E-state index in [-0.39, 0.29) is 0 Å². The van der Waals surface area contributed by atoms with Crippen LogP contribution >= 0.6 is 0 Å². The smallest absolute Gasteiger partial charge is 0.222 e. The van der Waals surface area contributed by atoms with Crippen LogP contribution in [0.4, 0.5) is 0 Å². The first-order chi connectivity index (χ1) is 8.70. The van der Waals surface area contributed by atoms with Crippen LogP contribution in [-0.2, 0) is 6.54 Å². The lowest BCUT2D eigenvalue weighted by atomic mass is 10.1. The highest BCUT2D eigenvalue weighted by Crippen LogP contribution is 2.24. The van der Waals surface area contributed by atoms with Crippen molar-refractivity contribution in [2.75, 3.05) is 0 Å². The van der Waals surface area contributed by atoms with Crippen molar-refractivity contribution in [2.45, 2.75) is 26.3 Å². The SMILES string of the molecule is CC(C)c1cc(Oc2ccccc2CN)ncn1. The standard InChI is InChI=1S/C14H17N3O/c1-10(2)12-7-14(17-9-16-12)18-13-6-4-3-5-11(13)8-15/h3-7,9-10H,8,15H2,1-2H3. The van der Waals surface area contributed by atoms with Crippen LogP contribution in [0.5, 0.6) is 11.6 Å². The summed E-state index contributed by atoms with van der Waals surface area (Å²) in [7, 11) is 0. The zero-order valence-electron chi connectivity index (χ0n) is 10.6. The zero-order valence-corrected chi connectivity index (χ0v) is 10.6. The van der Waals surface area contributed by atoms with Gasteiger partial charge >= 0.3 is 0 Å². The Hall–Kier alpha value is -1.94. The molecule has 0 aliphatic rings. The monoisotopic (exact) mass is 243 g/mol. The van der Waals surface area contributed by atoms with E-state index in [2.05, 4.69) is 23.8 Å². The number of ether oxygens (including phenoxy) is 1. The van der Waals surface area contributed by atoms with Gasteiger partial charge in [-0.05, 0) is 12.0 Å². The molecule has 0 unspecified atom stereocenters. The van der Waals surface area contributed by atoms with Crippen molar-refractivity contribution in [3.63, 3.8) is 0 Å². The molecular formula is C14H17N3O. The molecule has 0 aliphatic heterocycles. The molecule has 0 saturated carbocycles. The summed E-state index contributed by atoms with van der Waals surface area (Å²) in [5.41, 5.74) is 7.59. The van der Waals surface area contributed by atoms with Gasteiger partial charge in [0.05, 0.1) is 5.69 Å². The Balaban J connectivity index is 2.25. The number of nitrogens with zero attached hydrogens (tertiary/aromatic N) is 2. The van der Waals surface area contributed by atoms with E-state index in [4.69, 9.17) is 10.5 Å². The summed E-state index contributed by atoms with van der Waals surface area (Å²) in [5, 5.41) is 0. The van der Waals surface area contributed by atoms with Gasteiger partial charge < -0.3 is 10.5 Å². The quantitative estimate of drug-likeness (QED) is 0.897. The lowest BCUT2D eigenvalue weighted by Gasteiger charge is -2.10. The van der Waals surface area contributed by atoms with Gasteiger partial charge in [0.25, 0.3) is 0 Å². The maximum atomic E-state index is 5.76. The Morgan fingerprint density at radius 3 is 2.72 bits per heavy atom. The topological polar surface area (TPSA) is 61.0 Å². The average molecular weight is 243 g/mol. The van der Waals surface area contributed by atoms with E-state index in [0.717, 1.165) is 17.0 Å². The molecular weight excluding hydrogens is 226 g/mol. The third kappa shape index (κ3) is 2.84. The molecule has 0 radical (unpaired) electrons. The molecule has 0 aliphatic carbocycles. The van der Waals surface area contributed by atoms with Crippen molar-refractivity contribution < 1.29 is 4.74 Å². The van der Waals surface area contributed by atoms with Gasteiger partial charge in [-0.3, -0.25) is 0 Å². The van der Waals surface area contributed by atoms with Crippen molar-refractivity contribution in [1.82, 2.24) is 9.97 Å². The molecule has 4 heteroatoms. The van der Waals surface area contributed by atoms with E-state index in [0.29, 0.717) is 18.3 Å². The first kappa shape index (κ1) is 12.5. The van der Waals surface area contributed by atoms with E-state index in [1.165, 1.54) is 6.33 Å². The van der Waals surface area contributed by atoms with Gasteiger partial charge in [-0.1, -0.05) is 32.0 Å². The second kappa shape index (κ2) is 5.60. The van der Waals surface area contributed by atoms with Crippen molar-refractivity contribution in [3.05, 3.63) is 47.9 Å². The van der Waals surface area contributed by atoms with Crippen LogP contribution in [0.1, 0.15) is 31.0 Å². The molecule has 0 spiro atoms. The average Bonchev–Trinajstić information content (AvgIpc) is 2.39. The van der Waals surface area contributed by atoms with Gasteiger partial charge in [-0.15, -0.1) is 0 Å². The minimum absolute atomic E-state index is 0.347. The van der Waals surface area contributed by atoms with Crippen molar-refractivity contribution in [3.8, 4) is 11.6 Å². The van der Waals surface area contributed by atoms with Crippen molar-refractivity contribution >= 4 is 0 Å². The summed E-state index contributed by atoms with van der Waals surface area (Å²) in [4.78, 5) is 8.33. The molecule has 0 atom stereocenters. The largest absolute Gasteiger partial charge is 0.439 e. The molecule has 2 rings (SSSR count). The number of nitrogens with two attached hydrogens (primary N) is 1. The Morgan fingerprint density at radius 1 is 1.22 bits per heavy atom. The Kier molecular flexibility index (Phi) is 3.89. The first-order valence-corrected chi connectivity index (χ1v) is 5.98. The van der Waals surface area contributed by atoms with E-state index < -0.39 is 0 Å². The van der Waals surface area contributed by atoms with E-state index in [9.17, 15) is 0 Å². The number of rotatable bonds is 4. The normalized spacial score (nSPS) is 10.7. The van der Waals surface area contributed by atoms with Crippen LogP contribution in [0, 0.1) is 0 Å². The van der Waals surface area contributed by atoms with E-state index in [1.54, 1.807) is 0 Å². The lowest BCUT2D eigenvalue weighted by Crippen LogP contribution is -2.00. The fourth-order valence-electron chi connectivity index (χ4n) is 1.61. The second-order valence-electron chi connectivity index (χ2n) is 4.35. The van der Waals surface area contributed by atoms with Gasteiger partial charge in [-0.2, -0.15) is 0 Å². The second-order valence-corrected chi connectivity index (χ2v) is 4.35. The van der Waals surface area contributed by atoms with Crippen molar-refractivity contribution in [2.24, 2.45) is 5.73 Å². The molecule has 0 saturated heterocycles. The minimum atomic E-state index is 0.347. The maximum absolute atomic E-state index is 5.76. The minimum Gasteiger partial charge on any atom is -0.439 e. The molecule has 4 nitrogen and oxygen atoms in total. The number of hydrogen-bond acceptors (Lipinski definition) is 4. The molecule has 2 aromatic rings. The lowest BCUT2D eigenvalue weighted by molar-refractivity contribution is 0.454. The molecule has 94 valence electrons. The van der Waals surface area contributed by atoms with Gasteiger partial charge in [0.15, 0.2) is 0 Å². The summed E-state index contributed by atoms with van der Waals surface area (Å²) in [6, 6.07) is 9.55. The number of benzene rings is 1. The van der Waals surface area contributed by atoms with Gasteiger partial charge in [0, 0.05) is 18.2 Å². The highest BCUT2D eigenvalue weighted by atomic mass is 16.5. The fourth-order valence-corrected chi connectivity index (χ4v) is 1.61. The molecule has 1 aromatic heterocycles. The molecule has 1 heterocycles. The van der Waals surface area contributed by atoms with Crippen LogP contribution in [0.3, 0.4) is 0 Å². The maximum Gasteiger partial charge on any atom is 0.222 e. The molecule has 0 fully saturated rings. The zero-order chi connectivity index (χ0) is 13.0. The fraction of sp³-hybridized carbons (Fsp3) is 0.286. The highest BCUT2D eigenvalue weighted by molar-refractivity contribution is 5.36. The molecule has 18 heavy (non-hydrogen) atoms. The van der Waals surface area contributed by atoms with Gasteiger partial charge in [0.1, 0.15) is 12.1 Å². The Bertz CT molecular complexity index is 526. The number of para-hydroxylation sites is 1. The van der Waals surface area contributed by atoms with E-state index >= 15 is 0 Å². The Labute approximate surface area is 107 Å². The number of hydrogen-bond donors (Lipinski definition) is 1. The summed E-state index contributed by atoms with van der Waals surface area (Å²) < 4.78 is 5.76. The predicted molar refractivity (Wildman–Crippen MR) is 70.5 cm³/mol. The predicted octanol–water partition coefficient (Wildman–Crippen LogP) is 2.85. The number of aromatic nitrogens is 2. The van der Waals surface area contributed by atoms with Crippen LogP contribution in [0.2, 0.25) is 0 Å². The molecule has 2 N–H and O–H groups in total. The third-order valence-corrected chi connectivity index (χ3v) is 2.66. The molecule has 0 amide bonds. The van der Waals surface area contributed by atoms with Gasteiger partial charge in [-0.25, -0.2) is 9.97 Å². The van der Waals surface area contributed by atoms with Crippen LogP contribution < -0.4 is 10.5 Å². The van der Waals surface area contributed by atoms with Gasteiger partial charge in [0.2, 0.25) is 5.88 Å². The molecule has 0 bridgehead atoms. The summed E-state index contributed by atoms with van der Waals surface area (Å²) >= 11 is 0. The Morgan fingerprint density at radius 2 is 2.00 bits per heavy atom. The summed E-state index contributed by atoms with van der Waals surface area (Å²) in [5.74, 6) is 1.64.